The topological polar surface area (TPSA) is 15.3 Å². The number of nitrogens with one attached hydrogen (secondary N) is 1. The Morgan fingerprint density at radius 2 is 2.16 bits per heavy atom. The molecule has 1 aliphatic carbocycles. The number of halogens is 1. The number of hydrogen-bond acceptors (Lipinski definition) is 2. The van der Waals surface area contributed by atoms with Gasteiger partial charge in [0.2, 0.25) is 0 Å². The van der Waals surface area contributed by atoms with Gasteiger partial charge < -0.3 is 5.32 Å². The molecule has 3 rings (SSSR count). The van der Waals surface area contributed by atoms with E-state index in [0.717, 1.165) is 31.1 Å². The van der Waals surface area contributed by atoms with Crippen molar-refractivity contribution in [3.63, 3.8) is 0 Å². The number of hydrogen-bond donors (Lipinski definition) is 1. The van der Waals surface area contributed by atoms with Gasteiger partial charge in [-0.1, -0.05) is 12.1 Å². The van der Waals surface area contributed by atoms with Gasteiger partial charge in [0.05, 0.1) is 0 Å². The Balaban J connectivity index is 1.49. The molecule has 104 valence electrons. The van der Waals surface area contributed by atoms with Gasteiger partial charge in [-0.2, -0.15) is 0 Å². The highest BCUT2D eigenvalue weighted by molar-refractivity contribution is 5.16. The highest BCUT2D eigenvalue weighted by Crippen LogP contribution is 2.28. The molecule has 1 atom stereocenters. The van der Waals surface area contributed by atoms with E-state index in [1.165, 1.54) is 38.3 Å². The lowest BCUT2D eigenvalue weighted by Crippen LogP contribution is -2.45. The molecule has 3 heteroatoms. The molecule has 2 aliphatic rings. The maximum atomic E-state index is 13.2. The normalized spacial score (nSPS) is 24.6. The summed E-state index contributed by atoms with van der Waals surface area (Å²) in [6.45, 7) is 4.30. The van der Waals surface area contributed by atoms with Gasteiger partial charge >= 0.3 is 0 Å². The second kappa shape index (κ2) is 6.02. The smallest absolute Gasteiger partial charge is 0.123 e. The van der Waals surface area contributed by atoms with Gasteiger partial charge in [-0.05, 0) is 62.4 Å². The molecule has 19 heavy (non-hydrogen) atoms. The predicted octanol–water partition coefficient (Wildman–Crippen LogP) is 2.79. The minimum atomic E-state index is -0.127. The number of rotatable bonds is 5. The lowest BCUT2D eigenvalue weighted by Gasteiger charge is -2.33. The van der Waals surface area contributed by atoms with E-state index in [4.69, 9.17) is 0 Å². The van der Waals surface area contributed by atoms with Crippen LogP contribution in [0.1, 0.15) is 31.2 Å². The first kappa shape index (κ1) is 13.1. The summed E-state index contributed by atoms with van der Waals surface area (Å²) in [5.74, 6) is 0.816. The van der Waals surface area contributed by atoms with E-state index < -0.39 is 0 Å². The van der Waals surface area contributed by atoms with Gasteiger partial charge in [0, 0.05) is 19.1 Å². The van der Waals surface area contributed by atoms with Crippen molar-refractivity contribution >= 4 is 0 Å². The Labute approximate surface area is 115 Å². The SMILES string of the molecule is Fc1cccc(CN2CCCC(NCC3CC3)C2)c1. The zero-order valence-electron chi connectivity index (χ0n) is 11.4. The van der Waals surface area contributed by atoms with Crippen LogP contribution in [0, 0.1) is 11.7 Å². The summed E-state index contributed by atoms with van der Waals surface area (Å²) < 4.78 is 13.2. The highest BCUT2D eigenvalue weighted by atomic mass is 19.1. The molecule has 1 unspecified atom stereocenters. The van der Waals surface area contributed by atoms with Crippen LogP contribution in [0.2, 0.25) is 0 Å². The van der Waals surface area contributed by atoms with Gasteiger partial charge in [-0.25, -0.2) is 4.39 Å². The molecular formula is C16H23FN2. The molecule has 1 N–H and O–H groups in total. The average Bonchev–Trinajstić information content (AvgIpc) is 3.21. The van der Waals surface area contributed by atoms with Crippen molar-refractivity contribution in [3.8, 4) is 0 Å². The van der Waals surface area contributed by atoms with E-state index >= 15 is 0 Å². The molecule has 0 spiro atoms. The lowest BCUT2D eigenvalue weighted by atomic mass is 10.0. The van der Waals surface area contributed by atoms with Crippen LogP contribution in [0.15, 0.2) is 24.3 Å². The van der Waals surface area contributed by atoms with Gasteiger partial charge in [-0.3, -0.25) is 4.90 Å². The Hall–Kier alpha value is -0.930. The van der Waals surface area contributed by atoms with Crippen LogP contribution in [0.3, 0.4) is 0 Å². The van der Waals surface area contributed by atoms with Crippen molar-refractivity contribution in [2.75, 3.05) is 19.6 Å². The minimum absolute atomic E-state index is 0.127. The van der Waals surface area contributed by atoms with Crippen LogP contribution in [0.5, 0.6) is 0 Å². The third-order valence-electron chi connectivity index (χ3n) is 4.19. The van der Waals surface area contributed by atoms with Crippen molar-refractivity contribution < 1.29 is 4.39 Å². The summed E-state index contributed by atoms with van der Waals surface area (Å²) in [5, 5.41) is 3.69. The summed E-state index contributed by atoms with van der Waals surface area (Å²) in [5.41, 5.74) is 1.09. The van der Waals surface area contributed by atoms with Crippen LogP contribution in [-0.2, 0) is 6.54 Å². The first-order valence-corrected chi connectivity index (χ1v) is 7.50. The molecule has 1 aromatic rings. The highest BCUT2D eigenvalue weighted by Gasteiger charge is 2.24. The van der Waals surface area contributed by atoms with E-state index in [1.54, 1.807) is 12.1 Å². The Kier molecular flexibility index (Phi) is 4.14. The van der Waals surface area contributed by atoms with Gasteiger partial charge in [0.15, 0.2) is 0 Å². The lowest BCUT2D eigenvalue weighted by molar-refractivity contribution is 0.182. The third-order valence-corrected chi connectivity index (χ3v) is 4.19. The summed E-state index contributed by atoms with van der Waals surface area (Å²) >= 11 is 0. The fourth-order valence-electron chi connectivity index (χ4n) is 2.91. The summed E-state index contributed by atoms with van der Waals surface area (Å²) in [6.07, 6.45) is 5.35. The van der Waals surface area contributed by atoms with Crippen LogP contribution in [0.4, 0.5) is 4.39 Å². The monoisotopic (exact) mass is 262 g/mol. The van der Waals surface area contributed by atoms with Crippen LogP contribution in [-0.4, -0.2) is 30.6 Å². The molecule has 2 fully saturated rings. The van der Waals surface area contributed by atoms with Crippen molar-refractivity contribution in [1.82, 2.24) is 10.2 Å². The van der Waals surface area contributed by atoms with E-state index in [-0.39, 0.29) is 5.82 Å². The second-order valence-corrected chi connectivity index (χ2v) is 6.06. The largest absolute Gasteiger partial charge is 0.312 e. The second-order valence-electron chi connectivity index (χ2n) is 6.06. The molecule has 1 heterocycles. The first-order valence-electron chi connectivity index (χ1n) is 7.50. The van der Waals surface area contributed by atoms with Crippen molar-refractivity contribution in [1.29, 1.82) is 0 Å². The van der Waals surface area contributed by atoms with Crippen molar-refractivity contribution in [3.05, 3.63) is 35.6 Å². The van der Waals surface area contributed by atoms with Crippen molar-refractivity contribution in [2.45, 2.75) is 38.3 Å². The van der Waals surface area contributed by atoms with E-state index in [1.807, 2.05) is 6.07 Å². The molecule has 1 aromatic carbocycles. The minimum Gasteiger partial charge on any atom is -0.312 e. The zero-order chi connectivity index (χ0) is 13.1. The van der Waals surface area contributed by atoms with Crippen LogP contribution < -0.4 is 5.32 Å². The van der Waals surface area contributed by atoms with E-state index in [2.05, 4.69) is 10.2 Å². The molecule has 0 amide bonds. The Bertz CT molecular complexity index is 417. The van der Waals surface area contributed by atoms with Crippen molar-refractivity contribution in [2.24, 2.45) is 5.92 Å². The Morgan fingerprint density at radius 1 is 1.26 bits per heavy atom. The maximum Gasteiger partial charge on any atom is 0.123 e. The molecule has 2 nitrogen and oxygen atoms in total. The standard InChI is InChI=1S/C16H23FN2/c17-15-4-1-3-14(9-15)11-19-8-2-5-16(12-19)18-10-13-6-7-13/h1,3-4,9,13,16,18H,2,5-8,10-12H2. The first-order chi connectivity index (χ1) is 9.29. The summed E-state index contributed by atoms with van der Waals surface area (Å²) in [4.78, 5) is 2.45. The fourth-order valence-corrected chi connectivity index (χ4v) is 2.91. The molecule has 0 radical (unpaired) electrons. The number of likely N-dealkylation sites (tertiary alicyclic amines) is 1. The van der Waals surface area contributed by atoms with Gasteiger partial charge in [0.25, 0.3) is 0 Å². The van der Waals surface area contributed by atoms with Gasteiger partial charge in [-0.15, -0.1) is 0 Å². The third kappa shape index (κ3) is 4.02. The van der Waals surface area contributed by atoms with E-state index in [9.17, 15) is 4.39 Å². The van der Waals surface area contributed by atoms with Gasteiger partial charge in [0.1, 0.15) is 5.82 Å². The van der Waals surface area contributed by atoms with Crippen LogP contribution >= 0.6 is 0 Å². The summed E-state index contributed by atoms with van der Waals surface area (Å²) in [7, 11) is 0. The number of piperidine rings is 1. The van der Waals surface area contributed by atoms with E-state index in [0.29, 0.717) is 6.04 Å². The number of nitrogens with zero attached hydrogens (tertiary/aromatic N) is 1. The fraction of sp³-hybridized carbons (Fsp3) is 0.625. The molecule has 0 bridgehead atoms. The predicted molar refractivity (Wildman–Crippen MR) is 75.4 cm³/mol. The van der Waals surface area contributed by atoms with Crippen LogP contribution in [0.25, 0.3) is 0 Å². The average molecular weight is 262 g/mol. The molecular weight excluding hydrogens is 239 g/mol. The quantitative estimate of drug-likeness (QED) is 0.878. The molecule has 0 aromatic heterocycles. The Morgan fingerprint density at radius 3 is 2.95 bits per heavy atom. The summed E-state index contributed by atoms with van der Waals surface area (Å²) in [6, 6.07) is 7.62. The zero-order valence-corrected chi connectivity index (χ0v) is 11.4. The molecule has 1 saturated carbocycles. The number of benzene rings is 1. The maximum absolute atomic E-state index is 13.2. The molecule has 1 saturated heterocycles. The molecule has 1 aliphatic heterocycles.